The van der Waals surface area contributed by atoms with Gasteiger partial charge in [-0.25, -0.2) is 9.67 Å². The summed E-state index contributed by atoms with van der Waals surface area (Å²) in [7, 11) is 0. The van der Waals surface area contributed by atoms with Crippen LogP contribution in [-0.2, 0) is 11.3 Å². The van der Waals surface area contributed by atoms with Gasteiger partial charge in [-0.1, -0.05) is 36.4 Å². The average Bonchev–Trinajstić information content (AvgIpc) is 3.10. The van der Waals surface area contributed by atoms with Gasteiger partial charge in [-0.15, -0.1) is 0 Å². The lowest BCUT2D eigenvalue weighted by atomic mass is 10.3. The van der Waals surface area contributed by atoms with Gasteiger partial charge in [0.25, 0.3) is 5.56 Å². The van der Waals surface area contributed by atoms with Crippen LogP contribution in [-0.4, -0.2) is 25.2 Å². The van der Waals surface area contributed by atoms with Crippen molar-refractivity contribution in [3.63, 3.8) is 0 Å². The fourth-order valence-corrected chi connectivity index (χ4v) is 2.70. The zero-order valence-electron chi connectivity index (χ0n) is 13.7. The molecule has 0 aliphatic rings. The number of aromatic nitrogens is 4. The highest BCUT2D eigenvalue weighted by atomic mass is 16.2. The Balaban J connectivity index is 1.63. The molecular formula is C19H15N5O2. The van der Waals surface area contributed by atoms with E-state index in [1.807, 2.05) is 48.5 Å². The minimum Gasteiger partial charge on any atom is -0.325 e. The monoisotopic (exact) mass is 345 g/mol. The van der Waals surface area contributed by atoms with Crippen molar-refractivity contribution in [3.05, 3.63) is 83.5 Å². The van der Waals surface area contributed by atoms with E-state index in [0.717, 1.165) is 5.69 Å². The van der Waals surface area contributed by atoms with Gasteiger partial charge in [0.15, 0.2) is 5.65 Å². The van der Waals surface area contributed by atoms with E-state index < -0.39 is 0 Å². The van der Waals surface area contributed by atoms with E-state index >= 15 is 0 Å². The number of anilines is 1. The number of nitrogens with one attached hydrogen (secondary N) is 1. The third-order valence-corrected chi connectivity index (χ3v) is 3.93. The van der Waals surface area contributed by atoms with Crippen molar-refractivity contribution in [1.82, 2.24) is 19.3 Å². The summed E-state index contributed by atoms with van der Waals surface area (Å²) >= 11 is 0. The second-order valence-electron chi connectivity index (χ2n) is 5.72. The molecule has 0 aliphatic heterocycles. The highest BCUT2D eigenvalue weighted by Gasteiger charge is 2.13. The van der Waals surface area contributed by atoms with Crippen molar-refractivity contribution in [2.75, 3.05) is 5.32 Å². The van der Waals surface area contributed by atoms with Crippen LogP contribution in [0.2, 0.25) is 0 Å². The topological polar surface area (TPSA) is 81.8 Å². The van der Waals surface area contributed by atoms with Gasteiger partial charge in [-0.3, -0.25) is 14.2 Å². The van der Waals surface area contributed by atoms with Crippen LogP contribution in [0.1, 0.15) is 0 Å². The van der Waals surface area contributed by atoms with Crippen LogP contribution in [0.3, 0.4) is 0 Å². The van der Waals surface area contributed by atoms with Crippen molar-refractivity contribution >= 4 is 22.6 Å². The molecular weight excluding hydrogens is 330 g/mol. The van der Waals surface area contributed by atoms with Gasteiger partial charge < -0.3 is 5.32 Å². The number of hydrogen-bond donors (Lipinski definition) is 1. The highest BCUT2D eigenvalue weighted by molar-refractivity contribution is 5.90. The van der Waals surface area contributed by atoms with E-state index in [4.69, 9.17) is 0 Å². The summed E-state index contributed by atoms with van der Waals surface area (Å²) in [4.78, 5) is 29.1. The molecule has 0 unspecified atom stereocenters. The predicted octanol–water partition coefficient (Wildman–Crippen LogP) is 2.22. The minimum absolute atomic E-state index is 0.118. The first-order valence-electron chi connectivity index (χ1n) is 8.06. The molecule has 0 fully saturated rings. The summed E-state index contributed by atoms with van der Waals surface area (Å²) in [6.07, 6.45) is 2.85. The van der Waals surface area contributed by atoms with Crippen LogP contribution in [0.5, 0.6) is 0 Å². The van der Waals surface area contributed by atoms with E-state index in [1.165, 1.54) is 17.1 Å². The molecule has 0 atom stereocenters. The fourth-order valence-electron chi connectivity index (χ4n) is 2.70. The standard InChI is InChI=1S/C19H15N5O2/c25-17(22-14-7-3-1-4-8-14)12-23-13-20-18-16(19(23)26)11-21-24(18)15-9-5-2-6-10-15/h1-11,13H,12H2,(H,22,25). The zero-order valence-corrected chi connectivity index (χ0v) is 13.7. The van der Waals surface area contributed by atoms with E-state index in [2.05, 4.69) is 15.4 Å². The Bertz CT molecular complexity index is 1120. The van der Waals surface area contributed by atoms with Crippen molar-refractivity contribution in [3.8, 4) is 5.69 Å². The average molecular weight is 345 g/mol. The Hall–Kier alpha value is -3.74. The lowest BCUT2D eigenvalue weighted by Gasteiger charge is -2.07. The molecule has 4 rings (SSSR count). The maximum absolute atomic E-state index is 12.7. The second kappa shape index (κ2) is 6.64. The summed E-state index contributed by atoms with van der Waals surface area (Å²) in [5.74, 6) is -0.296. The Morgan fingerprint density at radius 2 is 1.69 bits per heavy atom. The van der Waals surface area contributed by atoms with Crippen molar-refractivity contribution in [2.24, 2.45) is 0 Å². The molecule has 1 N–H and O–H groups in total. The smallest absolute Gasteiger partial charge is 0.264 e. The largest absolute Gasteiger partial charge is 0.325 e. The Labute approximate surface area is 148 Å². The Kier molecular flexibility index (Phi) is 4.03. The summed E-state index contributed by atoms with van der Waals surface area (Å²) in [5, 5.41) is 7.37. The van der Waals surface area contributed by atoms with Crippen LogP contribution in [0.25, 0.3) is 16.7 Å². The first-order valence-corrected chi connectivity index (χ1v) is 8.06. The van der Waals surface area contributed by atoms with E-state index in [-0.39, 0.29) is 18.0 Å². The van der Waals surface area contributed by atoms with Gasteiger partial charge in [-0.2, -0.15) is 5.10 Å². The second-order valence-corrected chi connectivity index (χ2v) is 5.72. The Morgan fingerprint density at radius 3 is 2.42 bits per heavy atom. The van der Waals surface area contributed by atoms with Gasteiger partial charge in [0.2, 0.25) is 5.91 Å². The van der Waals surface area contributed by atoms with Crippen molar-refractivity contribution in [2.45, 2.75) is 6.54 Å². The minimum atomic E-state index is -0.305. The third-order valence-electron chi connectivity index (χ3n) is 3.93. The molecule has 4 aromatic rings. The molecule has 128 valence electrons. The Morgan fingerprint density at radius 1 is 1.00 bits per heavy atom. The molecule has 0 saturated carbocycles. The highest BCUT2D eigenvalue weighted by Crippen LogP contribution is 2.13. The van der Waals surface area contributed by atoms with Gasteiger partial charge in [-0.05, 0) is 24.3 Å². The SMILES string of the molecule is O=C(Cn1cnc2c(cnn2-c2ccccc2)c1=O)Nc1ccccc1. The van der Waals surface area contributed by atoms with E-state index in [0.29, 0.717) is 16.7 Å². The molecule has 26 heavy (non-hydrogen) atoms. The molecule has 1 amide bonds. The van der Waals surface area contributed by atoms with Crippen LogP contribution in [0.15, 0.2) is 78.0 Å². The van der Waals surface area contributed by atoms with Gasteiger partial charge in [0, 0.05) is 5.69 Å². The number of fused-ring (bicyclic) bond motifs is 1. The number of amides is 1. The normalized spacial score (nSPS) is 10.8. The molecule has 2 heterocycles. The summed E-state index contributed by atoms with van der Waals surface area (Å²) < 4.78 is 2.88. The molecule has 2 aromatic heterocycles. The van der Waals surface area contributed by atoms with Gasteiger partial charge in [0.05, 0.1) is 11.9 Å². The van der Waals surface area contributed by atoms with Crippen LogP contribution in [0, 0.1) is 0 Å². The lowest BCUT2D eigenvalue weighted by molar-refractivity contribution is -0.116. The number of para-hydroxylation sites is 2. The van der Waals surface area contributed by atoms with Crippen molar-refractivity contribution in [1.29, 1.82) is 0 Å². The predicted molar refractivity (Wildman–Crippen MR) is 98.2 cm³/mol. The first-order chi connectivity index (χ1) is 12.7. The summed E-state index contributed by atoms with van der Waals surface area (Å²) in [5.41, 5.74) is 1.65. The fraction of sp³-hybridized carbons (Fsp3) is 0.0526. The zero-order chi connectivity index (χ0) is 17.9. The molecule has 7 nitrogen and oxygen atoms in total. The van der Waals surface area contributed by atoms with E-state index in [9.17, 15) is 9.59 Å². The molecule has 0 bridgehead atoms. The van der Waals surface area contributed by atoms with E-state index in [1.54, 1.807) is 16.8 Å². The molecule has 0 radical (unpaired) electrons. The number of benzene rings is 2. The number of hydrogen-bond acceptors (Lipinski definition) is 4. The number of carbonyl (C=O) groups excluding carboxylic acids is 1. The van der Waals surface area contributed by atoms with Gasteiger partial charge >= 0.3 is 0 Å². The number of carbonyl (C=O) groups is 1. The number of rotatable bonds is 4. The molecule has 0 aliphatic carbocycles. The van der Waals surface area contributed by atoms with Crippen LogP contribution in [0.4, 0.5) is 5.69 Å². The van der Waals surface area contributed by atoms with Gasteiger partial charge in [0.1, 0.15) is 18.3 Å². The maximum Gasteiger partial charge on any atom is 0.264 e. The molecule has 2 aromatic carbocycles. The molecule has 0 spiro atoms. The first kappa shape index (κ1) is 15.8. The summed E-state index contributed by atoms with van der Waals surface area (Å²) in [6, 6.07) is 18.5. The van der Waals surface area contributed by atoms with Crippen LogP contribution < -0.4 is 10.9 Å². The number of nitrogens with zero attached hydrogens (tertiary/aromatic N) is 4. The summed E-state index contributed by atoms with van der Waals surface area (Å²) in [6.45, 7) is -0.118. The lowest BCUT2D eigenvalue weighted by Crippen LogP contribution is -2.27. The quantitative estimate of drug-likeness (QED) is 0.615. The van der Waals surface area contributed by atoms with Crippen molar-refractivity contribution < 1.29 is 4.79 Å². The molecule has 7 heteroatoms. The van der Waals surface area contributed by atoms with Crippen LogP contribution >= 0.6 is 0 Å². The maximum atomic E-state index is 12.7. The third kappa shape index (κ3) is 2.98. The molecule has 0 saturated heterocycles.